The van der Waals surface area contributed by atoms with E-state index in [-0.39, 0.29) is 23.9 Å². The summed E-state index contributed by atoms with van der Waals surface area (Å²) < 4.78 is 26.5. The van der Waals surface area contributed by atoms with Crippen molar-refractivity contribution < 1.29 is 13.6 Å². The molecule has 0 bridgehead atoms. The predicted octanol–water partition coefficient (Wildman–Crippen LogP) is 1.65. The minimum Gasteiger partial charge on any atom is -0.351 e. The monoisotopic (exact) mass is 311 g/mol. The summed E-state index contributed by atoms with van der Waals surface area (Å²) in [5.41, 5.74) is 6.37. The fraction of sp³-hybridized carbons (Fsp3) is 0.562. The summed E-state index contributed by atoms with van der Waals surface area (Å²) in [6.45, 7) is 3.27. The first kappa shape index (κ1) is 16.8. The summed E-state index contributed by atoms with van der Waals surface area (Å²) in [5.74, 6) is -1.78. The quantitative estimate of drug-likeness (QED) is 0.774. The third-order valence-corrected chi connectivity index (χ3v) is 4.03. The molecule has 22 heavy (non-hydrogen) atoms. The van der Waals surface area contributed by atoms with Gasteiger partial charge in [-0.3, -0.25) is 4.79 Å². The van der Waals surface area contributed by atoms with E-state index in [0.29, 0.717) is 19.4 Å². The molecule has 3 atom stereocenters. The van der Waals surface area contributed by atoms with Gasteiger partial charge in [-0.2, -0.15) is 0 Å². The van der Waals surface area contributed by atoms with Crippen molar-refractivity contribution in [3.05, 3.63) is 35.4 Å². The van der Waals surface area contributed by atoms with E-state index in [1.54, 1.807) is 6.07 Å². The van der Waals surface area contributed by atoms with Crippen LogP contribution in [0.2, 0.25) is 0 Å². The van der Waals surface area contributed by atoms with Gasteiger partial charge in [-0.15, -0.1) is 0 Å². The molecule has 1 aromatic carbocycles. The lowest BCUT2D eigenvalue weighted by Gasteiger charge is -2.33. The lowest BCUT2D eigenvalue weighted by Crippen LogP contribution is -2.50. The van der Waals surface area contributed by atoms with Crippen LogP contribution in [0.5, 0.6) is 0 Å². The van der Waals surface area contributed by atoms with Crippen LogP contribution in [-0.4, -0.2) is 31.1 Å². The number of nitrogens with two attached hydrogens (primary N) is 1. The Kier molecular flexibility index (Phi) is 5.85. The van der Waals surface area contributed by atoms with Crippen LogP contribution in [0.3, 0.4) is 0 Å². The molecular formula is C16H23F2N3O. The predicted molar refractivity (Wildman–Crippen MR) is 81.4 cm³/mol. The number of nitrogens with one attached hydrogen (secondary N) is 2. The van der Waals surface area contributed by atoms with Gasteiger partial charge in [-0.1, -0.05) is 6.07 Å². The summed E-state index contributed by atoms with van der Waals surface area (Å²) in [6.07, 6.45) is 1.77. The molecule has 1 aliphatic rings. The second-order valence-corrected chi connectivity index (χ2v) is 5.96. The van der Waals surface area contributed by atoms with E-state index in [0.717, 1.165) is 24.6 Å². The third-order valence-electron chi connectivity index (χ3n) is 4.03. The van der Waals surface area contributed by atoms with Gasteiger partial charge in [0.2, 0.25) is 5.91 Å². The van der Waals surface area contributed by atoms with Crippen LogP contribution in [0.15, 0.2) is 18.2 Å². The van der Waals surface area contributed by atoms with Gasteiger partial charge in [0.15, 0.2) is 11.6 Å². The molecule has 0 aliphatic carbocycles. The van der Waals surface area contributed by atoms with E-state index in [9.17, 15) is 13.6 Å². The summed E-state index contributed by atoms with van der Waals surface area (Å²) in [4.78, 5) is 12.0. The Morgan fingerprint density at radius 2 is 2.23 bits per heavy atom. The second-order valence-electron chi connectivity index (χ2n) is 5.96. The Morgan fingerprint density at radius 1 is 1.45 bits per heavy atom. The van der Waals surface area contributed by atoms with E-state index in [2.05, 4.69) is 10.6 Å². The molecule has 4 nitrogen and oxygen atoms in total. The van der Waals surface area contributed by atoms with Crippen molar-refractivity contribution in [2.45, 2.75) is 44.2 Å². The summed E-state index contributed by atoms with van der Waals surface area (Å²) in [5, 5.41) is 6.21. The van der Waals surface area contributed by atoms with Gasteiger partial charge in [0.1, 0.15) is 0 Å². The third kappa shape index (κ3) is 4.48. The zero-order valence-electron chi connectivity index (χ0n) is 12.7. The van der Waals surface area contributed by atoms with Crippen molar-refractivity contribution in [1.29, 1.82) is 0 Å². The highest BCUT2D eigenvalue weighted by Gasteiger charge is 2.28. The first-order chi connectivity index (χ1) is 10.5. The summed E-state index contributed by atoms with van der Waals surface area (Å²) >= 11 is 0. The van der Waals surface area contributed by atoms with Crippen LogP contribution < -0.4 is 16.4 Å². The van der Waals surface area contributed by atoms with Crippen molar-refractivity contribution in [3.8, 4) is 0 Å². The molecule has 1 heterocycles. The number of hydrogen-bond donors (Lipinski definition) is 3. The van der Waals surface area contributed by atoms with Crippen LogP contribution in [0, 0.1) is 11.6 Å². The first-order valence-electron chi connectivity index (χ1n) is 7.68. The van der Waals surface area contributed by atoms with Crippen molar-refractivity contribution in [3.63, 3.8) is 0 Å². The Morgan fingerprint density at radius 3 is 2.91 bits per heavy atom. The van der Waals surface area contributed by atoms with E-state index in [4.69, 9.17) is 5.73 Å². The van der Waals surface area contributed by atoms with Gasteiger partial charge in [-0.05, 0) is 44.0 Å². The largest absolute Gasteiger partial charge is 0.351 e. The Balaban J connectivity index is 2.04. The van der Waals surface area contributed by atoms with Gasteiger partial charge in [0.25, 0.3) is 0 Å². The van der Waals surface area contributed by atoms with E-state index >= 15 is 0 Å². The molecule has 4 N–H and O–H groups in total. The second kappa shape index (κ2) is 7.65. The molecule has 1 saturated heterocycles. The molecule has 3 unspecified atom stereocenters. The lowest BCUT2D eigenvalue weighted by atomic mass is 9.86. The molecular weight excluding hydrogens is 288 g/mol. The smallest absolute Gasteiger partial charge is 0.220 e. The highest BCUT2D eigenvalue weighted by molar-refractivity contribution is 5.76. The van der Waals surface area contributed by atoms with Gasteiger partial charge >= 0.3 is 0 Å². The van der Waals surface area contributed by atoms with Crippen LogP contribution in [-0.2, 0) is 4.79 Å². The molecule has 1 aliphatic heterocycles. The zero-order chi connectivity index (χ0) is 16.1. The van der Waals surface area contributed by atoms with Crippen LogP contribution >= 0.6 is 0 Å². The molecule has 0 aromatic heterocycles. The molecule has 0 saturated carbocycles. The van der Waals surface area contributed by atoms with Crippen molar-refractivity contribution in [2.24, 2.45) is 5.73 Å². The number of carbonyl (C=O) groups excluding carboxylic acids is 1. The van der Waals surface area contributed by atoms with Crippen molar-refractivity contribution >= 4 is 5.91 Å². The van der Waals surface area contributed by atoms with Gasteiger partial charge in [-0.25, -0.2) is 8.78 Å². The van der Waals surface area contributed by atoms with E-state index in [1.165, 1.54) is 6.07 Å². The number of amides is 1. The minimum absolute atomic E-state index is 0.0165. The minimum atomic E-state index is -0.852. The Bertz CT molecular complexity index is 522. The fourth-order valence-corrected chi connectivity index (χ4v) is 2.79. The average molecular weight is 311 g/mol. The maximum Gasteiger partial charge on any atom is 0.220 e. The van der Waals surface area contributed by atoms with Crippen molar-refractivity contribution in [2.75, 3.05) is 13.1 Å². The number of rotatable bonds is 5. The average Bonchev–Trinajstić information content (AvgIpc) is 2.49. The molecule has 0 spiro atoms. The Hall–Kier alpha value is -1.53. The van der Waals surface area contributed by atoms with Gasteiger partial charge in [0.05, 0.1) is 0 Å². The lowest BCUT2D eigenvalue weighted by molar-refractivity contribution is -0.122. The standard InChI is InChI=1S/C16H23F2N3O/c1-10(19)2-5-16(22)21-15-9-20-7-6-12(15)11-3-4-13(17)14(18)8-11/h3-4,8,10,12,15,20H,2,5-7,9,19H2,1H3,(H,21,22). The van der Waals surface area contributed by atoms with Crippen LogP contribution in [0.4, 0.5) is 8.78 Å². The first-order valence-corrected chi connectivity index (χ1v) is 7.68. The number of hydrogen-bond acceptors (Lipinski definition) is 3. The number of carbonyl (C=O) groups is 1. The van der Waals surface area contributed by atoms with Gasteiger partial charge in [0, 0.05) is 31.0 Å². The maximum absolute atomic E-state index is 13.4. The fourth-order valence-electron chi connectivity index (χ4n) is 2.79. The molecule has 1 fully saturated rings. The summed E-state index contributed by atoms with van der Waals surface area (Å²) in [7, 11) is 0. The maximum atomic E-state index is 13.4. The highest BCUT2D eigenvalue weighted by Crippen LogP contribution is 2.27. The SMILES string of the molecule is CC(N)CCC(=O)NC1CNCCC1c1ccc(F)c(F)c1. The van der Waals surface area contributed by atoms with Gasteiger partial charge < -0.3 is 16.4 Å². The topological polar surface area (TPSA) is 67.2 Å². The normalized spacial score (nSPS) is 23.1. The molecule has 122 valence electrons. The van der Waals surface area contributed by atoms with Crippen LogP contribution in [0.25, 0.3) is 0 Å². The number of piperidine rings is 1. The molecule has 1 aromatic rings. The van der Waals surface area contributed by atoms with E-state index in [1.807, 2.05) is 6.92 Å². The number of benzene rings is 1. The summed E-state index contributed by atoms with van der Waals surface area (Å²) in [6, 6.07) is 3.82. The Labute approximate surface area is 129 Å². The highest BCUT2D eigenvalue weighted by atomic mass is 19.2. The van der Waals surface area contributed by atoms with Crippen LogP contribution in [0.1, 0.15) is 37.7 Å². The molecule has 0 radical (unpaired) electrons. The van der Waals surface area contributed by atoms with E-state index < -0.39 is 11.6 Å². The molecule has 6 heteroatoms. The van der Waals surface area contributed by atoms with Crippen molar-refractivity contribution in [1.82, 2.24) is 10.6 Å². The molecule has 2 rings (SSSR count). The zero-order valence-corrected chi connectivity index (χ0v) is 12.7. The molecule has 1 amide bonds. The number of halogens is 2.